The third kappa shape index (κ3) is 1.90. The van der Waals surface area contributed by atoms with Crippen LogP contribution in [0.2, 0.25) is 0 Å². The topological polar surface area (TPSA) is 57.8 Å². The molecular formula is C13H15N3O. The molecule has 0 radical (unpaired) electrons. The molecule has 4 heteroatoms. The maximum atomic E-state index is 12.1. The molecule has 88 valence electrons. The molecule has 0 bridgehead atoms. The van der Waals surface area contributed by atoms with E-state index in [4.69, 9.17) is 0 Å². The summed E-state index contributed by atoms with van der Waals surface area (Å²) in [5, 5.41) is 10.9. The number of nitrogens with zero attached hydrogens (tertiary/aromatic N) is 1. The summed E-state index contributed by atoms with van der Waals surface area (Å²) in [5.74, 6) is 0.575. The monoisotopic (exact) mass is 229 g/mol. The van der Waals surface area contributed by atoms with E-state index in [1.165, 1.54) is 12.8 Å². The largest absolute Gasteiger partial charge is 0.348 e. The van der Waals surface area contributed by atoms with E-state index in [1.54, 1.807) is 0 Å². The van der Waals surface area contributed by atoms with E-state index in [1.807, 2.05) is 24.3 Å². The molecule has 2 aromatic rings. The minimum Gasteiger partial charge on any atom is -0.348 e. The lowest BCUT2D eigenvalue weighted by Crippen LogP contribution is -2.34. The van der Waals surface area contributed by atoms with Gasteiger partial charge in [0, 0.05) is 11.4 Å². The number of hydrogen-bond acceptors (Lipinski definition) is 2. The van der Waals surface area contributed by atoms with Crippen molar-refractivity contribution in [3.63, 3.8) is 0 Å². The van der Waals surface area contributed by atoms with Gasteiger partial charge in [0.2, 0.25) is 0 Å². The molecule has 1 saturated carbocycles. The molecule has 1 atom stereocenters. The molecule has 17 heavy (non-hydrogen) atoms. The second kappa shape index (κ2) is 3.87. The number of aromatic nitrogens is 2. The van der Waals surface area contributed by atoms with Gasteiger partial charge in [-0.15, -0.1) is 0 Å². The first-order valence-electron chi connectivity index (χ1n) is 5.99. The lowest BCUT2D eigenvalue weighted by Gasteiger charge is -2.11. The lowest BCUT2D eigenvalue weighted by molar-refractivity contribution is 0.0932. The second-order valence-electron chi connectivity index (χ2n) is 4.72. The summed E-state index contributed by atoms with van der Waals surface area (Å²) in [4.78, 5) is 12.1. The summed E-state index contributed by atoms with van der Waals surface area (Å²) < 4.78 is 0. The van der Waals surface area contributed by atoms with Gasteiger partial charge in [0.05, 0.1) is 5.52 Å². The Hall–Kier alpha value is -1.84. The fraction of sp³-hybridized carbons (Fsp3) is 0.385. The average Bonchev–Trinajstić information content (AvgIpc) is 3.09. The van der Waals surface area contributed by atoms with Crippen molar-refractivity contribution in [2.45, 2.75) is 25.8 Å². The molecule has 1 fully saturated rings. The van der Waals surface area contributed by atoms with Gasteiger partial charge in [0.25, 0.3) is 5.91 Å². The number of fused-ring (bicyclic) bond motifs is 1. The molecular weight excluding hydrogens is 214 g/mol. The molecule has 0 saturated heterocycles. The number of nitrogens with one attached hydrogen (secondary N) is 2. The van der Waals surface area contributed by atoms with Gasteiger partial charge in [0.15, 0.2) is 5.69 Å². The van der Waals surface area contributed by atoms with Gasteiger partial charge in [-0.25, -0.2) is 0 Å². The van der Waals surface area contributed by atoms with Crippen molar-refractivity contribution in [1.29, 1.82) is 0 Å². The van der Waals surface area contributed by atoms with Crippen molar-refractivity contribution < 1.29 is 4.79 Å². The van der Waals surface area contributed by atoms with E-state index in [0.29, 0.717) is 11.6 Å². The Kier molecular flexibility index (Phi) is 2.35. The Morgan fingerprint density at radius 2 is 2.24 bits per heavy atom. The van der Waals surface area contributed by atoms with Crippen LogP contribution in [-0.4, -0.2) is 22.1 Å². The van der Waals surface area contributed by atoms with Crippen molar-refractivity contribution in [3.8, 4) is 0 Å². The van der Waals surface area contributed by atoms with Crippen molar-refractivity contribution in [1.82, 2.24) is 15.5 Å². The zero-order chi connectivity index (χ0) is 11.8. The summed E-state index contributed by atoms with van der Waals surface area (Å²) in [6, 6.07) is 7.92. The third-order valence-corrected chi connectivity index (χ3v) is 3.37. The highest BCUT2D eigenvalue weighted by Gasteiger charge is 2.29. The van der Waals surface area contributed by atoms with Crippen LogP contribution in [0.5, 0.6) is 0 Å². The van der Waals surface area contributed by atoms with E-state index in [2.05, 4.69) is 22.4 Å². The maximum Gasteiger partial charge on any atom is 0.272 e. The van der Waals surface area contributed by atoms with Gasteiger partial charge in [-0.1, -0.05) is 18.2 Å². The van der Waals surface area contributed by atoms with E-state index < -0.39 is 0 Å². The van der Waals surface area contributed by atoms with Crippen LogP contribution < -0.4 is 5.32 Å². The molecule has 2 N–H and O–H groups in total. The quantitative estimate of drug-likeness (QED) is 0.846. The van der Waals surface area contributed by atoms with Crippen LogP contribution in [0, 0.1) is 5.92 Å². The van der Waals surface area contributed by atoms with E-state index in [9.17, 15) is 4.79 Å². The number of aromatic amines is 1. The standard InChI is InChI=1S/C13H15N3O/c1-8(9-6-7-9)14-13(17)12-10-4-2-3-5-11(10)15-16-12/h2-5,8-9H,6-7H2,1H3,(H,14,17)(H,15,16). The van der Waals surface area contributed by atoms with Crippen LogP contribution in [0.25, 0.3) is 10.9 Å². The summed E-state index contributed by atoms with van der Waals surface area (Å²) in [6.07, 6.45) is 2.45. The highest BCUT2D eigenvalue weighted by molar-refractivity contribution is 6.04. The number of amides is 1. The predicted molar refractivity (Wildman–Crippen MR) is 65.7 cm³/mol. The van der Waals surface area contributed by atoms with Gasteiger partial charge < -0.3 is 5.32 Å². The Bertz CT molecular complexity index is 557. The van der Waals surface area contributed by atoms with Crippen molar-refractivity contribution in [3.05, 3.63) is 30.0 Å². The van der Waals surface area contributed by atoms with Gasteiger partial charge in [-0.05, 0) is 31.7 Å². The lowest BCUT2D eigenvalue weighted by atomic mass is 10.1. The van der Waals surface area contributed by atoms with Gasteiger partial charge in [0.1, 0.15) is 0 Å². The first kappa shape index (κ1) is 10.3. The maximum absolute atomic E-state index is 12.1. The van der Waals surface area contributed by atoms with Gasteiger partial charge in [-0.3, -0.25) is 9.89 Å². The number of carbonyl (C=O) groups is 1. The van der Waals surface area contributed by atoms with Crippen LogP contribution in [0.3, 0.4) is 0 Å². The number of hydrogen-bond donors (Lipinski definition) is 2. The molecule has 1 aliphatic carbocycles. The Morgan fingerprint density at radius 1 is 1.47 bits per heavy atom. The van der Waals surface area contributed by atoms with Crippen LogP contribution in [0.15, 0.2) is 24.3 Å². The summed E-state index contributed by atoms with van der Waals surface area (Å²) in [5.41, 5.74) is 1.39. The molecule has 0 spiro atoms. The SMILES string of the molecule is CC(NC(=O)c1n[nH]c2ccccc12)C1CC1. The minimum absolute atomic E-state index is 0.0816. The van der Waals surface area contributed by atoms with E-state index in [0.717, 1.165) is 10.9 Å². The highest BCUT2D eigenvalue weighted by Crippen LogP contribution is 2.32. The molecule has 1 amide bonds. The van der Waals surface area contributed by atoms with Crippen LogP contribution >= 0.6 is 0 Å². The predicted octanol–water partition coefficient (Wildman–Crippen LogP) is 2.09. The fourth-order valence-corrected chi connectivity index (χ4v) is 2.13. The van der Waals surface area contributed by atoms with Crippen molar-refractivity contribution >= 4 is 16.8 Å². The molecule has 0 aliphatic heterocycles. The van der Waals surface area contributed by atoms with Gasteiger partial charge >= 0.3 is 0 Å². The summed E-state index contributed by atoms with van der Waals surface area (Å²) >= 11 is 0. The number of para-hydroxylation sites is 1. The van der Waals surface area contributed by atoms with Crippen LogP contribution in [0.4, 0.5) is 0 Å². The fourth-order valence-electron chi connectivity index (χ4n) is 2.13. The zero-order valence-electron chi connectivity index (χ0n) is 9.73. The van der Waals surface area contributed by atoms with Crippen LogP contribution in [0.1, 0.15) is 30.3 Å². The molecule has 1 unspecified atom stereocenters. The molecule has 1 aromatic heterocycles. The summed E-state index contributed by atoms with van der Waals surface area (Å²) in [7, 11) is 0. The number of rotatable bonds is 3. The highest BCUT2D eigenvalue weighted by atomic mass is 16.2. The van der Waals surface area contributed by atoms with Gasteiger partial charge in [-0.2, -0.15) is 5.10 Å². The third-order valence-electron chi connectivity index (χ3n) is 3.37. The first-order valence-corrected chi connectivity index (χ1v) is 5.99. The second-order valence-corrected chi connectivity index (χ2v) is 4.72. The Balaban J connectivity index is 1.85. The molecule has 3 rings (SSSR count). The average molecular weight is 229 g/mol. The number of benzene rings is 1. The van der Waals surface area contributed by atoms with Crippen molar-refractivity contribution in [2.75, 3.05) is 0 Å². The molecule has 4 nitrogen and oxygen atoms in total. The summed E-state index contributed by atoms with van der Waals surface area (Å²) in [6.45, 7) is 2.06. The normalized spacial score (nSPS) is 17.0. The molecule has 1 aliphatic rings. The zero-order valence-corrected chi connectivity index (χ0v) is 9.73. The molecule has 1 heterocycles. The number of carbonyl (C=O) groups excluding carboxylic acids is 1. The molecule has 1 aromatic carbocycles. The van der Waals surface area contributed by atoms with Crippen LogP contribution in [-0.2, 0) is 0 Å². The van der Waals surface area contributed by atoms with E-state index in [-0.39, 0.29) is 11.9 Å². The Labute approximate surface area is 99.4 Å². The smallest absolute Gasteiger partial charge is 0.272 e. The number of H-pyrrole nitrogens is 1. The van der Waals surface area contributed by atoms with Crippen molar-refractivity contribution in [2.24, 2.45) is 5.92 Å². The first-order chi connectivity index (χ1) is 8.25. The minimum atomic E-state index is -0.0816. The van der Waals surface area contributed by atoms with E-state index >= 15 is 0 Å². The Morgan fingerprint density at radius 3 is 3.00 bits per heavy atom.